The molecule has 410 valence electrons. The molecule has 2 heterocycles. The van der Waals surface area contributed by atoms with Crippen molar-refractivity contribution in [2.24, 2.45) is 16.5 Å². The molecule has 1 aliphatic rings. The number of thiophene rings is 1. The van der Waals surface area contributed by atoms with Gasteiger partial charge in [-0.05, 0) is 50.3 Å². The fraction of sp³-hybridized carbons (Fsp3) is 0.761. The predicted octanol–water partition coefficient (Wildman–Crippen LogP) is 3.82. The zero-order chi connectivity index (χ0) is 52.2. The number of carboxylic acids is 2. The summed E-state index contributed by atoms with van der Waals surface area (Å²) in [5.41, 5.74) is 13.2. The fourth-order valence-corrected chi connectivity index (χ4v) is 7.22. The summed E-state index contributed by atoms with van der Waals surface area (Å²) >= 11 is 1.69. The van der Waals surface area contributed by atoms with E-state index in [4.69, 9.17) is 73.8 Å². The van der Waals surface area contributed by atoms with E-state index in [2.05, 4.69) is 28.6 Å². The van der Waals surface area contributed by atoms with E-state index in [1.165, 1.54) is 4.88 Å². The SMILES string of the molecule is CCC(CCCCCNC(=O)CCOCCOCCOCCOCCOCCOCCOCCOCCOCCOCCC(=O)O)c1cc2c(s1)C=C(C(=O)NCCCN)CC(N)=N2.O=C(O)C(F)(F)F. The third-order valence-corrected chi connectivity index (χ3v) is 10.9. The van der Waals surface area contributed by atoms with E-state index in [0.717, 1.165) is 49.1 Å². The van der Waals surface area contributed by atoms with E-state index in [0.29, 0.717) is 175 Å². The zero-order valence-electron chi connectivity index (χ0n) is 41.1. The Balaban J connectivity index is 0.00000333. The number of ether oxygens (including phenoxy) is 10. The van der Waals surface area contributed by atoms with Gasteiger partial charge in [0.1, 0.15) is 5.84 Å². The van der Waals surface area contributed by atoms with Gasteiger partial charge in [0.2, 0.25) is 11.8 Å². The van der Waals surface area contributed by atoms with Crippen LogP contribution in [0.3, 0.4) is 0 Å². The second-order valence-electron chi connectivity index (χ2n) is 15.4. The van der Waals surface area contributed by atoms with Gasteiger partial charge in [-0.2, -0.15) is 13.2 Å². The van der Waals surface area contributed by atoms with Gasteiger partial charge in [-0.15, -0.1) is 11.3 Å². The summed E-state index contributed by atoms with van der Waals surface area (Å²) in [5.74, 6) is -2.94. The average Bonchev–Trinajstić information content (AvgIpc) is 3.64. The van der Waals surface area contributed by atoms with Gasteiger partial charge in [0, 0.05) is 36.4 Å². The third-order valence-electron chi connectivity index (χ3n) is 9.63. The van der Waals surface area contributed by atoms with Crippen molar-refractivity contribution in [2.75, 3.05) is 152 Å². The van der Waals surface area contributed by atoms with Crippen LogP contribution in [0.1, 0.15) is 80.4 Å². The number of nitrogens with one attached hydrogen (secondary N) is 2. The first-order valence-corrected chi connectivity index (χ1v) is 24.8. The lowest BCUT2D eigenvalue weighted by molar-refractivity contribution is -0.192. The average molecular weight is 1050 g/mol. The molecule has 2 rings (SSSR count). The van der Waals surface area contributed by atoms with Crippen molar-refractivity contribution in [3.63, 3.8) is 0 Å². The van der Waals surface area contributed by atoms with Gasteiger partial charge in [-0.3, -0.25) is 14.4 Å². The molecular formula is C46H78F3N5O16S. The molecule has 1 aromatic heterocycles. The topological polar surface area (TPSA) is 290 Å². The number of halogens is 3. The molecule has 0 saturated carbocycles. The number of aliphatic imine (C=N–C) groups is 1. The van der Waals surface area contributed by atoms with Gasteiger partial charge in [0.15, 0.2) is 0 Å². The minimum atomic E-state index is -5.08. The van der Waals surface area contributed by atoms with E-state index >= 15 is 0 Å². The Morgan fingerprint density at radius 3 is 1.49 bits per heavy atom. The van der Waals surface area contributed by atoms with Crippen LogP contribution in [0.4, 0.5) is 18.9 Å². The molecule has 25 heteroatoms. The summed E-state index contributed by atoms with van der Waals surface area (Å²) in [6.45, 7) is 12.5. The first-order chi connectivity index (χ1) is 34.3. The highest BCUT2D eigenvalue weighted by Crippen LogP contribution is 2.40. The standard InChI is InChI=1S/C44H77N5O14S.C2HF3O2/c1-2-36(39-35-38-40(64-39)33-37(34-41(46)49-38)44(53)48-12-6-10-45)7-4-3-5-11-47-42(50)8-13-54-15-17-56-19-21-58-23-25-60-27-29-62-31-32-63-30-28-61-26-24-59-22-20-57-18-16-55-14-9-43(51)52;3-2(4,5)1(6)7/h33,35-36H,2-32,34,45H2,1H3,(H2,46,49)(H,47,50)(H,48,53)(H,51,52);(H,6,7). The molecule has 0 aromatic carbocycles. The number of nitrogens with two attached hydrogens (primary N) is 2. The van der Waals surface area contributed by atoms with Gasteiger partial charge in [0.25, 0.3) is 0 Å². The molecule has 1 unspecified atom stereocenters. The lowest BCUT2D eigenvalue weighted by Gasteiger charge is -2.13. The smallest absolute Gasteiger partial charge is 0.481 e. The summed E-state index contributed by atoms with van der Waals surface area (Å²) in [4.78, 5) is 51.0. The van der Waals surface area contributed by atoms with E-state index in [1.54, 1.807) is 11.3 Å². The van der Waals surface area contributed by atoms with Crippen molar-refractivity contribution in [3.05, 3.63) is 21.4 Å². The maximum Gasteiger partial charge on any atom is 0.490 e. The number of hydrogen-bond donors (Lipinski definition) is 6. The van der Waals surface area contributed by atoms with Crippen molar-refractivity contribution in [2.45, 2.75) is 76.8 Å². The Bertz CT molecular complexity index is 1630. The van der Waals surface area contributed by atoms with E-state index < -0.39 is 18.1 Å². The summed E-state index contributed by atoms with van der Waals surface area (Å²) in [5, 5.41) is 21.5. The largest absolute Gasteiger partial charge is 0.490 e. The number of amides is 2. The first kappa shape index (κ1) is 65.2. The summed E-state index contributed by atoms with van der Waals surface area (Å²) in [6.07, 6.45) is 3.24. The third kappa shape index (κ3) is 37.5. The Labute approximate surface area is 418 Å². The number of hydrogen-bond acceptors (Lipinski definition) is 18. The number of amidine groups is 1. The Kier molecular flexibility index (Phi) is 40.1. The Morgan fingerprint density at radius 2 is 1.08 bits per heavy atom. The fourth-order valence-electron chi connectivity index (χ4n) is 5.93. The number of fused-ring (bicyclic) bond motifs is 1. The maximum absolute atomic E-state index is 12.7. The molecule has 1 atom stereocenters. The molecule has 0 spiro atoms. The summed E-state index contributed by atoms with van der Waals surface area (Å²) in [7, 11) is 0. The van der Waals surface area contributed by atoms with Crippen LogP contribution in [-0.4, -0.2) is 198 Å². The molecule has 2 amide bonds. The monoisotopic (exact) mass is 1050 g/mol. The van der Waals surface area contributed by atoms with Gasteiger partial charge >= 0.3 is 18.1 Å². The lowest BCUT2D eigenvalue weighted by atomic mass is 9.97. The number of alkyl halides is 3. The molecular weight excluding hydrogens is 968 g/mol. The molecule has 0 bridgehead atoms. The van der Waals surface area contributed by atoms with Gasteiger partial charge in [0.05, 0.1) is 149 Å². The molecule has 1 aromatic rings. The van der Waals surface area contributed by atoms with Crippen LogP contribution < -0.4 is 22.1 Å². The van der Waals surface area contributed by atoms with Crippen molar-refractivity contribution < 1.29 is 89.9 Å². The van der Waals surface area contributed by atoms with Crippen LogP contribution in [0.2, 0.25) is 0 Å². The number of nitrogens with zero attached hydrogens (tertiary/aromatic N) is 1. The molecule has 0 saturated heterocycles. The van der Waals surface area contributed by atoms with Gasteiger partial charge in [-0.25, -0.2) is 9.79 Å². The number of carbonyl (C=O) groups excluding carboxylic acids is 2. The molecule has 8 N–H and O–H groups in total. The molecule has 21 nitrogen and oxygen atoms in total. The number of aliphatic carboxylic acids is 2. The Hall–Kier alpha value is -3.86. The number of rotatable bonds is 45. The highest BCUT2D eigenvalue weighted by Gasteiger charge is 2.38. The highest BCUT2D eigenvalue weighted by atomic mass is 32.1. The minimum absolute atomic E-state index is 0.0102. The number of carbonyl (C=O) groups is 4. The summed E-state index contributed by atoms with van der Waals surface area (Å²) < 4.78 is 86.1. The molecule has 71 heavy (non-hydrogen) atoms. The quantitative estimate of drug-likeness (QED) is 0.0506. The number of carboxylic acid groups (broad SMARTS) is 2. The molecule has 0 fully saturated rings. The van der Waals surface area contributed by atoms with E-state index in [1.807, 2.05) is 6.08 Å². The predicted molar refractivity (Wildman–Crippen MR) is 258 cm³/mol. The normalized spacial score (nSPS) is 12.8. The van der Waals surface area contributed by atoms with Crippen LogP contribution in [0.25, 0.3) is 6.08 Å². The van der Waals surface area contributed by atoms with E-state index in [-0.39, 0.29) is 24.8 Å². The van der Waals surface area contributed by atoms with Crippen molar-refractivity contribution in [1.29, 1.82) is 0 Å². The van der Waals surface area contributed by atoms with Gasteiger partial charge < -0.3 is 79.7 Å². The summed E-state index contributed by atoms with van der Waals surface area (Å²) in [6, 6.07) is 2.12. The van der Waals surface area contributed by atoms with Gasteiger partial charge in [-0.1, -0.05) is 19.8 Å². The lowest BCUT2D eigenvalue weighted by Crippen LogP contribution is -2.29. The Morgan fingerprint density at radius 1 is 0.662 bits per heavy atom. The van der Waals surface area contributed by atoms with Crippen LogP contribution in [-0.2, 0) is 66.5 Å². The molecule has 0 radical (unpaired) electrons. The van der Waals surface area contributed by atoms with Crippen LogP contribution in [0, 0.1) is 0 Å². The van der Waals surface area contributed by atoms with Crippen LogP contribution in [0.15, 0.2) is 16.6 Å². The molecule has 0 aliphatic carbocycles. The second kappa shape index (κ2) is 43.7. The first-order valence-electron chi connectivity index (χ1n) is 24.0. The van der Waals surface area contributed by atoms with Crippen LogP contribution >= 0.6 is 11.3 Å². The minimum Gasteiger partial charge on any atom is -0.481 e. The molecule has 1 aliphatic heterocycles. The number of unbranched alkanes of at least 4 members (excludes halogenated alkanes) is 2. The van der Waals surface area contributed by atoms with Crippen molar-refractivity contribution in [1.82, 2.24) is 10.6 Å². The van der Waals surface area contributed by atoms with E-state index in [9.17, 15) is 27.6 Å². The highest BCUT2D eigenvalue weighted by molar-refractivity contribution is 7.13. The van der Waals surface area contributed by atoms with Crippen molar-refractivity contribution >= 4 is 52.7 Å². The maximum atomic E-state index is 12.7. The second-order valence-corrected chi connectivity index (χ2v) is 16.5. The zero-order valence-corrected chi connectivity index (χ0v) is 41.9. The van der Waals surface area contributed by atoms with Crippen LogP contribution in [0.5, 0.6) is 0 Å². The van der Waals surface area contributed by atoms with Crippen molar-refractivity contribution in [3.8, 4) is 0 Å².